The van der Waals surface area contributed by atoms with Crippen molar-refractivity contribution >= 4 is 23.9 Å². The van der Waals surface area contributed by atoms with Gasteiger partial charge in [0.25, 0.3) is 0 Å². The van der Waals surface area contributed by atoms with Crippen LogP contribution in [0.1, 0.15) is 49.9 Å². The molecule has 2 aliphatic rings. The highest BCUT2D eigenvalue weighted by Gasteiger charge is 2.56. The summed E-state index contributed by atoms with van der Waals surface area (Å²) in [4.78, 5) is 50.0. The SMILES string of the molecule is CC(=O)OC[C@H]1O[C@H](OC(C)=O)[C@@H](O[C@H]2O[C@H](COCc3ccccc3)[C@@H](OCc3ccccc3)[C@H](OCc3ccccc3)[C@@H]2OCc2ccccc2)[C@@H](OC(C)=O)[C@@H]1OC(C)=O. The van der Waals surface area contributed by atoms with Gasteiger partial charge >= 0.3 is 23.9 Å². The van der Waals surface area contributed by atoms with E-state index in [1.807, 2.05) is 121 Å². The highest BCUT2D eigenvalue weighted by Crippen LogP contribution is 2.36. The molecule has 0 amide bonds. The zero-order valence-electron chi connectivity index (χ0n) is 35.7. The summed E-state index contributed by atoms with van der Waals surface area (Å²) in [5, 5.41) is 0. The fourth-order valence-electron chi connectivity index (χ4n) is 7.29. The molecule has 0 radical (unpaired) electrons. The fourth-order valence-corrected chi connectivity index (χ4v) is 7.29. The van der Waals surface area contributed by atoms with Gasteiger partial charge in [-0.3, -0.25) is 19.2 Å². The number of hydrogen-bond acceptors (Lipinski definition) is 15. The maximum Gasteiger partial charge on any atom is 0.305 e. The summed E-state index contributed by atoms with van der Waals surface area (Å²) < 4.78 is 68.9. The van der Waals surface area contributed by atoms with E-state index in [0.29, 0.717) is 0 Å². The number of rotatable bonds is 20. The second kappa shape index (κ2) is 23.8. The molecular weight excluding hydrogens is 817 g/mol. The summed E-state index contributed by atoms with van der Waals surface area (Å²) in [7, 11) is 0. The lowest BCUT2D eigenvalue weighted by Gasteiger charge is -2.49. The van der Waals surface area contributed by atoms with Gasteiger partial charge in [0.1, 0.15) is 37.1 Å². The molecule has 0 bridgehead atoms. The molecule has 4 aromatic carbocycles. The summed E-state index contributed by atoms with van der Waals surface area (Å²) in [6, 6.07) is 38.3. The quantitative estimate of drug-likeness (QED) is 0.0773. The van der Waals surface area contributed by atoms with Gasteiger partial charge in [0.05, 0.1) is 33.0 Å². The molecule has 2 heterocycles. The third-order valence-corrected chi connectivity index (χ3v) is 10.1. The minimum atomic E-state index is -1.61. The molecule has 0 saturated carbocycles. The molecule has 0 aliphatic carbocycles. The molecule has 336 valence electrons. The third-order valence-electron chi connectivity index (χ3n) is 10.1. The smallest absolute Gasteiger partial charge is 0.305 e. The standard InChI is InChI=1S/C48H54O15/c1-31(49)54-30-40-42(58-32(2)50)44(59-33(3)51)46(48(62-40)60-34(4)52)63-47-45(57-28-38-23-15-8-16-24-38)43(56-27-37-21-13-7-14-22-37)41(55-26-36-19-11-6-12-20-36)39(61-47)29-53-25-35-17-9-5-10-18-35/h5-24,39-48H,25-30H2,1-4H3/t39-,40-,41-,42-,43+,44+,45+,46+,47-,48+/m1/s1. The van der Waals surface area contributed by atoms with Crippen molar-refractivity contribution in [3.05, 3.63) is 144 Å². The van der Waals surface area contributed by atoms with Crippen LogP contribution in [0.25, 0.3) is 0 Å². The molecule has 0 aromatic heterocycles. The largest absolute Gasteiger partial charge is 0.463 e. The van der Waals surface area contributed by atoms with Crippen LogP contribution in [-0.4, -0.2) is 98.5 Å². The molecule has 15 heteroatoms. The average Bonchev–Trinajstić information content (AvgIpc) is 3.27. The summed E-state index contributed by atoms with van der Waals surface area (Å²) in [6.07, 6.45) is -12.4. The van der Waals surface area contributed by atoms with E-state index >= 15 is 0 Å². The van der Waals surface area contributed by atoms with Crippen LogP contribution in [-0.2, 0) is 97.7 Å². The third kappa shape index (κ3) is 14.2. The minimum absolute atomic E-state index is 0.00669. The number of carbonyl (C=O) groups is 4. The van der Waals surface area contributed by atoms with Crippen LogP contribution in [0.15, 0.2) is 121 Å². The van der Waals surface area contributed by atoms with Crippen molar-refractivity contribution in [1.29, 1.82) is 0 Å². The van der Waals surface area contributed by atoms with Gasteiger partial charge in [-0.05, 0) is 22.3 Å². The van der Waals surface area contributed by atoms with Gasteiger partial charge < -0.3 is 52.1 Å². The Balaban J connectivity index is 1.43. The van der Waals surface area contributed by atoms with E-state index in [9.17, 15) is 19.2 Å². The fraction of sp³-hybridized carbons (Fsp3) is 0.417. The summed E-state index contributed by atoms with van der Waals surface area (Å²) >= 11 is 0. The van der Waals surface area contributed by atoms with E-state index in [4.69, 9.17) is 52.1 Å². The van der Waals surface area contributed by atoms with Crippen LogP contribution < -0.4 is 0 Å². The Hall–Kier alpha value is -5.52. The van der Waals surface area contributed by atoms with Crippen molar-refractivity contribution in [3.63, 3.8) is 0 Å². The molecule has 0 spiro atoms. The highest BCUT2D eigenvalue weighted by molar-refractivity contribution is 5.68. The Labute approximate surface area is 366 Å². The summed E-state index contributed by atoms with van der Waals surface area (Å²) in [5.74, 6) is -2.99. The monoisotopic (exact) mass is 870 g/mol. The van der Waals surface area contributed by atoms with Crippen LogP contribution in [0.3, 0.4) is 0 Å². The number of hydrogen-bond donors (Lipinski definition) is 0. The van der Waals surface area contributed by atoms with Crippen molar-refractivity contribution in [1.82, 2.24) is 0 Å². The molecule has 4 aromatic rings. The van der Waals surface area contributed by atoms with E-state index in [0.717, 1.165) is 43.0 Å². The second-order valence-corrected chi connectivity index (χ2v) is 15.0. The number of ether oxygens (including phenoxy) is 11. The normalized spacial score (nSPS) is 25.7. The zero-order valence-corrected chi connectivity index (χ0v) is 35.7. The first-order valence-corrected chi connectivity index (χ1v) is 20.7. The maximum atomic E-state index is 12.8. The van der Waals surface area contributed by atoms with E-state index in [2.05, 4.69) is 0 Å². The topological polar surface area (TPSA) is 170 Å². The van der Waals surface area contributed by atoms with Gasteiger partial charge in [-0.15, -0.1) is 0 Å². The van der Waals surface area contributed by atoms with Gasteiger partial charge in [0, 0.05) is 27.7 Å². The van der Waals surface area contributed by atoms with Crippen molar-refractivity contribution in [2.45, 2.75) is 116 Å². The lowest BCUT2D eigenvalue weighted by atomic mass is 9.96. The molecule has 0 N–H and O–H groups in total. The molecule has 15 nitrogen and oxygen atoms in total. The number of carbonyl (C=O) groups excluding carboxylic acids is 4. The van der Waals surface area contributed by atoms with Crippen LogP contribution in [0.5, 0.6) is 0 Å². The van der Waals surface area contributed by atoms with Crippen LogP contribution >= 0.6 is 0 Å². The van der Waals surface area contributed by atoms with Crippen LogP contribution in [0.2, 0.25) is 0 Å². The molecule has 2 saturated heterocycles. The van der Waals surface area contributed by atoms with E-state index in [1.54, 1.807) is 0 Å². The van der Waals surface area contributed by atoms with Crippen molar-refractivity contribution in [2.75, 3.05) is 13.2 Å². The van der Waals surface area contributed by atoms with Crippen molar-refractivity contribution in [2.24, 2.45) is 0 Å². The first-order valence-electron chi connectivity index (χ1n) is 20.7. The van der Waals surface area contributed by atoms with Gasteiger partial charge in [-0.2, -0.15) is 0 Å². The first-order chi connectivity index (χ1) is 30.5. The molecule has 10 atom stereocenters. The van der Waals surface area contributed by atoms with Gasteiger partial charge in [0.2, 0.25) is 6.29 Å². The van der Waals surface area contributed by atoms with E-state index in [1.165, 1.54) is 6.92 Å². The molecule has 6 rings (SSSR count). The Morgan fingerprint density at radius 3 is 1.30 bits per heavy atom. The first kappa shape index (κ1) is 47.0. The number of esters is 4. The summed E-state index contributed by atoms with van der Waals surface area (Å²) in [5.41, 5.74) is 3.52. The minimum Gasteiger partial charge on any atom is -0.463 e. The van der Waals surface area contributed by atoms with E-state index in [-0.39, 0.29) is 33.0 Å². The summed E-state index contributed by atoms with van der Waals surface area (Å²) in [6.45, 7) is 4.84. The van der Waals surface area contributed by atoms with Gasteiger partial charge in [-0.1, -0.05) is 121 Å². The average molecular weight is 871 g/mol. The Morgan fingerprint density at radius 2 is 0.825 bits per heavy atom. The van der Waals surface area contributed by atoms with Crippen molar-refractivity contribution < 1.29 is 71.3 Å². The predicted octanol–water partition coefficient (Wildman–Crippen LogP) is 5.78. The van der Waals surface area contributed by atoms with Gasteiger partial charge in [0.15, 0.2) is 24.6 Å². The van der Waals surface area contributed by atoms with Crippen LogP contribution in [0, 0.1) is 0 Å². The Kier molecular flexibility index (Phi) is 17.7. The second-order valence-electron chi connectivity index (χ2n) is 15.0. The van der Waals surface area contributed by atoms with E-state index < -0.39 is 91.9 Å². The molecule has 0 unspecified atom stereocenters. The molecule has 63 heavy (non-hydrogen) atoms. The Morgan fingerprint density at radius 1 is 0.413 bits per heavy atom. The Bertz CT molecular complexity index is 2020. The van der Waals surface area contributed by atoms with Crippen LogP contribution in [0.4, 0.5) is 0 Å². The lowest BCUT2D eigenvalue weighted by Crippen LogP contribution is -2.67. The molecule has 2 aliphatic heterocycles. The number of benzene rings is 4. The molecular formula is C48H54O15. The van der Waals surface area contributed by atoms with Gasteiger partial charge in [-0.25, -0.2) is 0 Å². The van der Waals surface area contributed by atoms with Crippen molar-refractivity contribution in [3.8, 4) is 0 Å². The zero-order chi connectivity index (χ0) is 44.6. The lowest BCUT2D eigenvalue weighted by molar-refractivity contribution is -0.374. The predicted molar refractivity (Wildman–Crippen MR) is 223 cm³/mol. The molecule has 2 fully saturated rings. The highest BCUT2D eigenvalue weighted by atomic mass is 16.8. The maximum absolute atomic E-state index is 12.8.